The van der Waals surface area contributed by atoms with Crippen LogP contribution in [0, 0.1) is 13.8 Å². The number of hydrogen-bond donors (Lipinski definition) is 0. The summed E-state index contributed by atoms with van der Waals surface area (Å²) in [7, 11) is 1.70. The van der Waals surface area contributed by atoms with Gasteiger partial charge in [0.25, 0.3) is 0 Å². The summed E-state index contributed by atoms with van der Waals surface area (Å²) >= 11 is 0. The molecule has 0 aliphatic carbocycles. The van der Waals surface area contributed by atoms with Crippen LogP contribution in [0.3, 0.4) is 0 Å². The van der Waals surface area contributed by atoms with Crippen molar-refractivity contribution in [2.75, 3.05) is 7.11 Å². The monoisotopic (exact) mass is 302 g/mol. The van der Waals surface area contributed by atoms with Crippen LogP contribution < -0.4 is 4.74 Å². The lowest BCUT2D eigenvalue weighted by Gasteiger charge is -2.11. The minimum atomic E-state index is 0.853. The maximum absolute atomic E-state index is 5.42. The normalized spacial score (nSPS) is 11.3. The Hall–Kier alpha value is -2.81. The molecule has 0 aliphatic rings. The molecule has 0 unspecified atom stereocenters. The van der Waals surface area contributed by atoms with Crippen LogP contribution in [0.4, 0.5) is 0 Å². The van der Waals surface area contributed by atoms with Gasteiger partial charge in [0.05, 0.1) is 18.1 Å². The Morgan fingerprint density at radius 3 is 2.48 bits per heavy atom. The summed E-state index contributed by atoms with van der Waals surface area (Å²) in [4.78, 5) is 4.70. The molecule has 0 atom stereocenters. The van der Waals surface area contributed by atoms with E-state index in [1.807, 2.05) is 12.3 Å². The number of fused-ring (bicyclic) bond motifs is 3. The smallest absolute Gasteiger partial charge is 0.140 e. The highest BCUT2D eigenvalue weighted by Gasteiger charge is 2.14. The first-order valence-corrected chi connectivity index (χ1v) is 7.70. The zero-order valence-electron chi connectivity index (χ0n) is 13.5. The fraction of sp³-hybridized carbons (Fsp3) is 0.150. The molecule has 2 heterocycles. The molecule has 0 radical (unpaired) electrons. The van der Waals surface area contributed by atoms with Gasteiger partial charge in [-0.15, -0.1) is 0 Å². The molecule has 0 amide bonds. The molecule has 0 aliphatic heterocycles. The molecule has 0 fully saturated rings. The minimum Gasteiger partial charge on any atom is -0.497 e. The van der Waals surface area contributed by atoms with Crippen LogP contribution in [0.1, 0.15) is 11.1 Å². The van der Waals surface area contributed by atoms with Crippen molar-refractivity contribution >= 4 is 21.8 Å². The van der Waals surface area contributed by atoms with Gasteiger partial charge in [0, 0.05) is 23.0 Å². The number of pyridine rings is 1. The molecule has 0 spiro atoms. The Bertz CT molecular complexity index is 1030. The van der Waals surface area contributed by atoms with E-state index in [1.165, 1.54) is 16.3 Å². The summed E-state index contributed by atoms with van der Waals surface area (Å²) in [5.74, 6) is 1.82. The third kappa shape index (κ3) is 2.08. The minimum absolute atomic E-state index is 0.853. The second kappa shape index (κ2) is 5.13. The van der Waals surface area contributed by atoms with E-state index in [-0.39, 0.29) is 0 Å². The van der Waals surface area contributed by atoms with Crippen LogP contribution >= 0.6 is 0 Å². The van der Waals surface area contributed by atoms with E-state index in [4.69, 9.17) is 9.72 Å². The topological polar surface area (TPSA) is 27.1 Å². The molecule has 4 aromatic rings. The van der Waals surface area contributed by atoms with Gasteiger partial charge in [0.2, 0.25) is 0 Å². The lowest BCUT2D eigenvalue weighted by atomic mass is 10.1. The molecule has 2 aromatic carbocycles. The van der Waals surface area contributed by atoms with Gasteiger partial charge in [-0.3, -0.25) is 4.57 Å². The van der Waals surface area contributed by atoms with Crippen molar-refractivity contribution in [3.05, 3.63) is 65.9 Å². The van der Waals surface area contributed by atoms with Crippen LogP contribution in [0.15, 0.2) is 54.7 Å². The molecule has 0 bridgehead atoms. The third-order valence-electron chi connectivity index (χ3n) is 4.28. The number of para-hydroxylation sites is 1. The summed E-state index contributed by atoms with van der Waals surface area (Å²) in [5.41, 5.74) is 4.61. The maximum Gasteiger partial charge on any atom is 0.140 e. The van der Waals surface area contributed by atoms with Crippen LogP contribution in [0.2, 0.25) is 0 Å². The summed E-state index contributed by atoms with van der Waals surface area (Å²) in [5, 5.41) is 2.44. The van der Waals surface area contributed by atoms with E-state index in [0.29, 0.717) is 0 Å². The van der Waals surface area contributed by atoms with Gasteiger partial charge >= 0.3 is 0 Å². The van der Waals surface area contributed by atoms with Crippen LogP contribution in [0.25, 0.3) is 27.6 Å². The van der Waals surface area contributed by atoms with Crippen molar-refractivity contribution in [3.63, 3.8) is 0 Å². The van der Waals surface area contributed by atoms with E-state index in [2.05, 4.69) is 60.9 Å². The second-order valence-electron chi connectivity index (χ2n) is 5.89. The first-order chi connectivity index (χ1) is 11.2. The SMILES string of the molecule is COc1ccc2c3ccccc3n(-c3ncc(C)cc3C)c2c1. The summed E-state index contributed by atoms with van der Waals surface area (Å²) < 4.78 is 7.65. The number of benzene rings is 2. The van der Waals surface area contributed by atoms with E-state index in [9.17, 15) is 0 Å². The Labute approximate surface area is 135 Å². The predicted octanol–water partition coefficient (Wildman–Crippen LogP) is 4.80. The number of ether oxygens (including phenoxy) is 1. The van der Waals surface area contributed by atoms with Gasteiger partial charge in [0.15, 0.2) is 0 Å². The number of aromatic nitrogens is 2. The van der Waals surface area contributed by atoms with Crippen LogP contribution in [-0.4, -0.2) is 16.7 Å². The molecule has 0 saturated carbocycles. The zero-order valence-corrected chi connectivity index (χ0v) is 13.5. The average Bonchev–Trinajstić information content (AvgIpc) is 2.89. The average molecular weight is 302 g/mol. The fourth-order valence-corrected chi connectivity index (χ4v) is 3.25. The molecule has 4 rings (SSSR count). The summed E-state index contributed by atoms with van der Waals surface area (Å²) in [6.45, 7) is 4.18. The van der Waals surface area contributed by atoms with Crippen molar-refractivity contribution in [1.82, 2.24) is 9.55 Å². The number of nitrogens with zero attached hydrogens (tertiary/aromatic N) is 2. The van der Waals surface area contributed by atoms with E-state index < -0.39 is 0 Å². The Kier molecular flexibility index (Phi) is 3.08. The first kappa shape index (κ1) is 13.8. The Morgan fingerprint density at radius 1 is 0.913 bits per heavy atom. The Balaban J connectivity index is 2.17. The fourth-order valence-electron chi connectivity index (χ4n) is 3.25. The molecule has 0 saturated heterocycles. The van der Waals surface area contributed by atoms with Crippen molar-refractivity contribution in [2.24, 2.45) is 0 Å². The molecule has 2 aromatic heterocycles. The van der Waals surface area contributed by atoms with Gasteiger partial charge in [-0.2, -0.15) is 0 Å². The predicted molar refractivity (Wildman–Crippen MR) is 94.6 cm³/mol. The van der Waals surface area contributed by atoms with E-state index in [1.54, 1.807) is 7.11 Å². The van der Waals surface area contributed by atoms with Gasteiger partial charge in [0.1, 0.15) is 11.6 Å². The van der Waals surface area contributed by atoms with Crippen molar-refractivity contribution in [1.29, 1.82) is 0 Å². The third-order valence-corrected chi connectivity index (χ3v) is 4.28. The van der Waals surface area contributed by atoms with Crippen LogP contribution in [0.5, 0.6) is 5.75 Å². The lowest BCUT2D eigenvalue weighted by molar-refractivity contribution is 0.415. The zero-order chi connectivity index (χ0) is 16.0. The van der Waals surface area contributed by atoms with Crippen molar-refractivity contribution in [3.8, 4) is 11.6 Å². The van der Waals surface area contributed by atoms with E-state index in [0.717, 1.165) is 28.2 Å². The van der Waals surface area contributed by atoms with Gasteiger partial charge in [-0.25, -0.2) is 4.98 Å². The summed E-state index contributed by atoms with van der Waals surface area (Å²) in [6, 6.07) is 16.8. The molecule has 0 N–H and O–H groups in total. The standard InChI is InChI=1S/C20H18N2O/c1-13-10-14(2)20(21-12-13)22-18-7-5-4-6-16(18)17-9-8-15(23-3)11-19(17)22/h4-12H,1-3H3. The van der Waals surface area contributed by atoms with Crippen molar-refractivity contribution in [2.45, 2.75) is 13.8 Å². The maximum atomic E-state index is 5.42. The molecule has 23 heavy (non-hydrogen) atoms. The van der Waals surface area contributed by atoms with Crippen LogP contribution in [-0.2, 0) is 0 Å². The first-order valence-electron chi connectivity index (χ1n) is 7.70. The highest BCUT2D eigenvalue weighted by Crippen LogP contribution is 2.34. The number of rotatable bonds is 2. The molecule has 114 valence electrons. The second-order valence-corrected chi connectivity index (χ2v) is 5.89. The van der Waals surface area contributed by atoms with Gasteiger partial charge in [-0.05, 0) is 43.2 Å². The molecular weight excluding hydrogens is 284 g/mol. The Morgan fingerprint density at radius 2 is 1.70 bits per heavy atom. The quantitative estimate of drug-likeness (QED) is 0.531. The number of aryl methyl sites for hydroxylation is 2. The largest absolute Gasteiger partial charge is 0.497 e. The van der Waals surface area contributed by atoms with Gasteiger partial charge < -0.3 is 4.74 Å². The van der Waals surface area contributed by atoms with Crippen molar-refractivity contribution < 1.29 is 4.74 Å². The van der Waals surface area contributed by atoms with Gasteiger partial charge in [-0.1, -0.05) is 24.3 Å². The molecular formula is C20H18N2O. The summed E-state index contributed by atoms with van der Waals surface area (Å²) in [6.07, 6.45) is 1.92. The highest BCUT2D eigenvalue weighted by atomic mass is 16.5. The molecule has 3 nitrogen and oxygen atoms in total. The molecule has 3 heteroatoms. The lowest BCUT2D eigenvalue weighted by Crippen LogP contribution is -2.00. The highest BCUT2D eigenvalue weighted by molar-refractivity contribution is 6.09. The number of hydrogen-bond acceptors (Lipinski definition) is 2. The number of methoxy groups -OCH3 is 1. The van der Waals surface area contributed by atoms with E-state index >= 15 is 0 Å².